The second-order valence-corrected chi connectivity index (χ2v) is 6.35. The van der Waals surface area contributed by atoms with E-state index in [-0.39, 0.29) is 6.61 Å². The normalized spacial score (nSPS) is 12.8. The molecule has 2 rings (SSSR count). The maximum Gasteiger partial charge on any atom is 0.131 e. The molecule has 128 valence electrons. The first-order valence-electron chi connectivity index (χ1n) is 7.73. The number of aliphatic hydroxyl groups excluding tert-OH is 2. The summed E-state index contributed by atoms with van der Waals surface area (Å²) < 4.78 is 19.6. The van der Waals surface area contributed by atoms with Crippen molar-refractivity contribution < 1.29 is 19.3 Å². The van der Waals surface area contributed by atoms with Gasteiger partial charge in [0.1, 0.15) is 11.6 Å². The fourth-order valence-electron chi connectivity index (χ4n) is 2.53. The molecule has 2 N–H and O–H groups in total. The molecule has 3 nitrogen and oxygen atoms in total. The van der Waals surface area contributed by atoms with Crippen molar-refractivity contribution in [3.05, 3.63) is 66.0 Å². The number of ether oxygens (including phenoxy) is 1. The molecule has 0 saturated heterocycles. The van der Waals surface area contributed by atoms with Gasteiger partial charge in [-0.15, -0.1) is 6.58 Å². The van der Waals surface area contributed by atoms with Gasteiger partial charge in [-0.3, -0.25) is 0 Å². The van der Waals surface area contributed by atoms with Crippen LogP contribution < -0.4 is 4.74 Å². The van der Waals surface area contributed by atoms with Gasteiger partial charge in [-0.2, -0.15) is 0 Å². The first-order valence-corrected chi connectivity index (χ1v) is 7.73. The first-order chi connectivity index (χ1) is 11.3. The van der Waals surface area contributed by atoms with Crippen LogP contribution in [0.5, 0.6) is 5.75 Å². The van der Waals surface area contributed by atoms with E-state index in [0.29, 0.717) is 28.0 Å². The molecule has 0 aliphatic rings. The Morgan fingerprint density at radius 1 is 1.21 bits per heavy atom. The SMILES string of the molecule is C=CC(C)(C)[C@H](O)c1cc(CO)ccc1-c1cc(OC)ccc1F. The van der Waals surface area contributed by atoms with E-state index in [9.17, 15) is 14.6 Å². The van der Waals surface area contributed by atoms with E-state index in [4.69, 9.17) is 4.74 Å². The number of benzene rings is 2. The molecule has 0 saturated carbocycles. The molecule has 2 aromatic carbocycles. The minimum absolute atomic E-state index is 0.158. The van der Waals surface area contributed by atoms with Gasteiger partial charge in [-0.05, 0) is 34.9 Å². The van der Waals surface area contributed by atoms with E-state index < -0.39 is 17.3 Å². The fraction of sp³-hybridized carbons (Fsp3) is 0.300. The summed E-state index contributed by atoms with van der Waals surface area (Å²) in [5.74, 6) is 0.124. The molecule has 0 radical (unpaired) electrons. The Morgan fingerprint density at radius 2 is 1.92 bits per heavy atom. The molecule has 1 atom stereocenters. The van der Waals surface area contributed by atoms with Crippen molar-refractivity contribution in [2.75, 3.05) is 7.11 Å². The van der Waals surface area contributed by atoms with E-state index in [0.717, 1.165) is 0 Å². The lowest BCUT2D eigenvalue weighted by atomic mass is 9.80. The summed E-state index contributed by atoms with van der Waals surface area (Å²) in [5, 5.41) is 20.2. The average Bonchev–Trinajstić information content (AvgIpc) is 2.61. The minimum atomic E-state index is -0.901. The number of hydrogen-bond acceptors (Lipinski definition) is 3. The lowest BCUT2D eigenvalue weighted by molar-refractivity contribution is 0.0825. The number of rotatable bonds is 6. The topological polar surface area (TPSA) is 49.7 Å². The standard InChI is InChI=1S/C20H23FO3/c1-5-20(2,3)19(23)17-10-13(12-22)6-8-15(17)16-11-14(24-4)7-9-18(16)21/h5-11,19,22-23H,1,12H2,2-4H3/t19-/m1/s1. The smallest absolute Gasteiger partial charge is 0.131 e. The molecule has 24 heavy (non-hydrogen) atoms. The predicted molar refractivity (Wildman–Crippen MR) is 93.2 cm³/mol. The zero-order chi connectivity index (χ0) is 17.9. The summed E-state index contributed by atoms with van der Waals surface area (Å²) in [6.45, 7) is 7.31. The van der Waals surface area contributed by atoms with Crippen LogP contribution in [0, 0.1) is 11.2 Å². The lowest BCUT2D eigenvalue weighted by Gasteiger charge is -2.29. The highest BCUT2D eigenvalue weighted by Crippen LogP contribution is 2.40. The largest absolute Gasteiger partial charge is 0.497 e. The van der Waals surface area contributed by atoms with Gasteiger partial charge in [-0.25, -0.2) is 4.39 Å². The molecule has 0 spiro atoms. The summed E-state index contributed by atoms with van der Waals surface area (Å²) in [6.07, 6.45) is 0.761. The van der Waals surface area contributed by atoms with Crippen molar-refractivity contribution in [3.63, 3.8) is 0 Å². The predicted octanol–water partition coefficient (Wildman–Crippen LogP) is 4.24. The van der Waals surface area contributed by atoms with Crippen LogP contribution in [0.3, 0.4) is 0 Å². The number of methoxy groups -OCH3 is 1. The molecule has 0 aromatic heterocycles. The van der Waals surface area contributed by atoms with Crippen molar-refractivity contribution in [2.45, 2.75) is 26.6 Å². The Bertz CT molecular complexity index is 738. The molecule has 0 bridgehead atoms. The zero-order valence-corrected chi connectivity index (χ0v) is 14.2. The van der Waals surface area contributed by atoms with Gasteiger partial charge in [0.05, 0.1) is 19.8 Å². The van der Waals surface area contributed by atoms with Gasteiger partial charge in [0.25, 0.3) is 0 Å². The van der Waals surface area contributed by atoms with E-state index in [1.165, 1.54) is 13.2 Å². The van der Waals surface area contributed by atoms with Crippen LogP contribution in [0.2, 0.25) is 0 Å². The van der Waals surface area contributed by atoms with Crippen LogP contribution in [0.1, 0.15) is 31.1 Å². The second kappa shape index (κ2) is 7.16. The lowest BCUT2D eigenvalue weighted by Crippen LogP contribution is -2.20. The third-order valence-electron chi connectivity index (χ3n) is 4.29. The van der Waals surface area contributed by atoms with Crippen LogP contribution in [0.15, 0.2) is 49.1 Å². The molecular weight excluding hydrogens is 307 g/mol. The van der Waals surface area contributed by atoms with Gasteiger partial charge in [0.2, 0.25) is 0 Å². The van der Waals surface area contributed by atoms with Gasteiger partial charge < -0.3 is 14.9 Å². The Morgan fingerprint density at radius 3 is 2.50 bits per heavy atom. The van der Waals surface area contributed by atoms with Crippen LogP contribution in [0.25, 0.3) is 11.1 Å². The molecule has 4 heteroatoms. The van der Waals surface area contributed by atoms with Crippen LogP contribution in [-0.2, 0) is 6.61 Å². The van der Waals surface area contributed by atoms with E-state index >= 15 is 0 Å². The van der Waals surface area contributed by atoms with E-state index in [2.05, 4.69) is 6.58 Å². The summed E-state index contributed by atoms with van der Waals surface area (Å²) in [5.41, 5.74) is 1.48. The fourth-order valence-corrected chi connectivity index (χ4v) is 2.53. The second-order valence-electron chi connectivity index (χ2n) is 6.35. The summed E-state index contributed by atoms with van der Waals surface area (Å²) in [7, 11) is 1.52. The quantitative estimate of drug-likeness (QED) is 0.779. The van der Waals surface area contributed by atoms with Crippen molar-refractivity contribution in [1.82, 2.24) is 0 Å². The molecule has 2 aromatic rings. The first kappa shape index (κ1) is 18.2. The third-order valence-corrected chi connectivity index (χ3v) is 4.29. The molecule has 0 heterocycles. The van der Waals surface area contributed by atoms with Crippen molar-refractivity contribution in [1.29, 1.82) is 0 Å². The molecule has 0 amide bonds. The summed E-state index contributed by atoms with van der Waals surface area (Å²) >= 11 is 0. The Hall–Kier alpha value is -2.17. The van der Waals surface area contributed by atoms with Crippen LogP contribution in [0.4, 0.5) is 4.39 Å². The molecule has 0 aliphatic heterocycles. The van der Waals surface area contributed by atoms with Gasteiger partial charge >= 0.3 is 0 Å². The zero-order valence-electron chi connectivity index (χ0n) is 14.2. The average molecular weight is 330 g/mol. The van der Waals surface area contributed by atoms with Gasteiger partial charge in [-0.1, -0.05) is 38.1 Å². The van der Waals surface area contributed by atoms with Crippen LogP contribution >= 0.6 is 0 Å². The Labute approximate surface area is 142 Å². The van der Waals surface area contributed by atoms with Gasteiger partial charge in [0, 0.05) is 11.0 Å². The minimum Gasteiger partial charge on any atom is -0.497 e. The van der Waals surface area contributed by atoms with Gasteiger partial charge in [0.15, 0.2) is 0 Å². The van der Waals surface area contributed by atoms with E-state index in [1.54, 1.807) is 36.4 Å². The van der Waals surface area contributed by atoms with Crippen molar-refractivity contribution in [2.24, 2.45) is 5.41 Å². The van der Waals surface area contributed by atoms with Crippen molar-refractivity contribution >= 4 is 0 Å². The highest BCUT2D eigenvalue weighted by atomic mass is 19.1. The Balaban J connectivity index is 2.69. The highest BCUT2D eigenvalue weighted by Gasteiger charge is 2.29. The molecular formula is C20H23FO3. The molecule has 0 fully saturated rings. The highest BCUT2D eigenvalue weighted by molar-refractivity contribution is 5.70. The monoisotopic (exact) mass is 330 g/mol. The number of halogens is 1. The maximum absolute atomic E-state index is 14.4. The summed E-state index contributed by atoms with van der Waals surface area (Å²) in [4.78, 5) is 0. The van der Waals surface area contributed by atoms with Crippen molar-refractivity contribution in [3.8, 4) is 16.9 Å². The van der Waals surface area contributed by atoms with E-state index in [1.807, 2.05) is 13.8 Å². The number of aliphatic hydroxyl groups is 2. The maximum atomic E-state index is 14.4. The molecule has 0 unspecified atom stereocenters. The molecule has 0 aliphatic carbocycles. The van der Waals surface area contributed by atoms with Crippen LogP contribution in [-0.4, -0.2) is 17.3 Å². The third kappa shape index (κ3) is 3.50. The Kier molecular flexibility index (Phi) is 5.42. The number of hydrogen-bond donors (Lipinski definition) is 2. The summed E-state index contributed by atoms with van der Waals surface area (Å²) in [6, 6.07) is 9.60.